The van der Waals surface area contributed by atoms with Crippen molar-refractivity contribution in [2.45, 2.75) is 0 Å². The number of Topliss-reactive ketones (excluding diaryl/α,β-unsaturated/α-hetero) is 1. The zero-order valence-corrected chi connectivity index (χ0v) is 13.0. The van der Waals surface area contributed by atoms with E-state index in [1.165, 1.54) is 11.3 Å². The van der Waals surface area contributed by atoms with Gasteiger partial charge in [0.2, 0.25) is 0 Å². The van der Waals surface area contributed by atoms with E-state index in [2.05, 4.69) is 4.98 Å². The first-order valence-corrected chi connectivity index (χ1v) is 8.25. The van der Waals surface area contributed by atoms with Crippen LogP contribution in [-0.4, -0.2) is 23.3 Å². The monoisotopic (exact) mass is 329 g/mol. The summed E-state index contributed by atoms with van der Waals surface area (Å²) in [6, 6.07) is 12.6. The Bertz CT molecular complexity index is 779. The Morgan fingerprint density at radius 1 is 1.05 bits per heavy atom. The van der Waals surface area contributed by atoms with Gasteiger partial charge in [-0.3, -0.25) is 4.79 Å². The number of thiazole rings is 1. The second-order valence-electron chi connectivity index (χ2n) is 4.38. The van der Waals surface area contributed by atoms with Crippen molar-refractivity contribution in [3.63, 3.8) is 0 Å². The average molecular weight is 329 g/mol. The predicted molar refractivity (Wildman–Crippen MR) is 86.5 cm³/mol. The number of aromatic nitrogens is 1. The minimum absolute atomic E-state index is 0.231. The first-order valence-electron chi connectivity index (χ1n) is 6.49. The van der Waals surface area contributed by atoms with Crippen LogP contribution >= 0.6 is 22.7 Å². The molecule has 0 saturated carbocycles. The zero-order valence-electron chi connectivity index (χ0n) is 11.4. The van der Waals surface area contributed by atoms with Crippen LogP contribution in [0.25, 0.3) is 9.88 Å². The summed E-state index contributed by atoms with van der Waals surface area (Å²) in [6.07, 6.45) is 0. The molecule has 4 nitrogen and oxygen atoms in total. The molecule has 6 heteroatoms. The van der Waals surface area contributed by atoms with E-state index in [4.69, 9.17) is 4.74 Å². The highest BCUT2D eigenvalue weighted by Crippen LogP contribution is 2.27. The quantitative estimate of drug-likeness (QED) is 0.526. The van der Waals surface area contributed by atoms with E-state index in [1.54, 1.807) is 41.0 Å². The number of carbonyl (C=O) groups excluding carboxylic acids is 2. The summed E-state index contributed by atoms with van der Waals surface area (Å²) < 4.78 is 5.03. The van der Waals surface area contributed by atoms with Gasteiger partial charge in [0.05, 0.1) is 4.88 Å². The molecule has 1 aromatic carbocycles. The van der Waals surface area contributed by atoms with Crippen LogP contribution in [0.2, 0.25) is 0 Å². The maximum Gasteiger partial charge on any atom is 0.358 e. The van der Waals surface area contributed by atoms with Crippen LogP contribution in [0.5, 0.6) is 0 Å². The van der Waals surface area contributed by atoms with Gasteiger partial charge in [-0.25, -0.2) is 9.78 Å². The highest BCUT2D eigenvalue weighted by molar-refractivity contribution is 7.20. The van der Waals surface area contributed by atoms with Gasteiger partial charge in [-0.15, -0.1) is 22.7 Å². The zero-order chi connectivity index (χ0) is 15.4. The Morgan fingerprint density at radius 2 is 1.86 bits per heavy atom. The lowest BCUT2D eigenvalue weighted by atomic mass is 10.1. The fourth-order valence-electron chi connectivity index (χ4n) is 1.79. The number of hydrogen-bond donors (Lipinski definition) is 0. The van der Waals surface area contributed by atoms with E-state index in [0.29, 0.717) is 5.56 Å². The molecule has 0 spiro atoms. The van der Waals surface area contributed by atoms with Crippen molar-refractivity contribution >= 4 is 34.4 Å². The molecule has 2 heterocycles. The topological polar surface area (TPSA) is 56.3 Å². The minimum atomic E-state index is -0.580. The number of carbonyl (C=O) groups is 2. The van der Waals surface area contributed by atoms with E-state index < -0.39 is 5.97 Å². The third-order valence-corrected chi connectivity index (χ3v) is 4.76. The van der Waals surface area contributed by atoms with Gasteiger partial charge in [0.15, 0.2) is 18.1 Å². The lowest BCUT2D eigenvalue weighted by Gasteiger charge is -2.02. The van der Waals surface area contributed by atoms with E-state index in [9.17, 15) is 9.59 Å². The van der Waals surface area contributed by atoms with E-state index >= 15 is 0 Å². The van der Waals surface area contributed by atoms with Gasteiger partial charge in [-0.2, -0.15) is 0 Å². The number of ether oxygens (including phenoxy) is 1. The average Bonchev–Trinajstić information content (AvgIpc) is 3.23. The molecule has 0 unspecified atom stereocenters. The summed E-state index contributed by atoms with van der Waals surface area (Å²) >= 11 is 2.94. The fourth-order valence-corrected chi connectivity index (χ4v) is 3.40. The van der Waals surface area contributed by atoms with E-state index in [0.717, 1.165) is 9.88 Å². The van der Waals surface area contributed by atoms with Crippen LogP contribution < -0.4 is 0 Å². The molecule has 0 aliphatic carbocycles. The number of ketones is 1. The number of rotatable bonds is 5. The standard InChI is InChI=1S/C16H11NO3S2/c18-13(11-5-2-1-3-6-11)9-20-16(19)12-10-22-15(17-12)14-7-4-8-21-14/h1-8,10H,9H2. The summed E-state index contributed by atoms with van der Waals surface area (Å²) in [5.41, 5.74) is 0.752. The van der Waals surface area contributed by atoms with Crippen LogP contribution in [0, 0.1) is 0 Å². The Labute approximate surface area is 135 Å². The summed E-state index contributed by atoms with van der Waals surface area (Å²) in [4.78, 5) is 29.1. The second-order valence-corrected chi connectivity index (χ2v) is 6.19. The van der Waals surface area contributed by atoms with Gasteiger partial charge in [0.1, 0.15) is 5.01 Å². The molecule has 3 rings (SSSR count). The lowest BCUT2D eigenvalue weighted by molar-refractivity contribution is 0.0470. The molecule has 0 fully saturated rings. The van der Waals surface area contributed by atoms with Crippen molar-refractivity contribution in [3.8, 4) is 9.88 Å². The van der Waals surface area contributed by atoms with Gasteiger partial charge >= 0.3 is 5.97 Å². The molecule has 0 N–H and O–H groups in total. The van der Waals surface area contributed by atoms with E-state index in [-0.39, 0.29) is 18.1 Å². The van der Waals surface area contributed by atoms with Gasteiger partial charge < -0.3 is 4.74 Å². The summed E-state index contributed by atoms with van der Waals surface area (Å²) in [5.74, 6) is -0.814. The second kappa shape index (κ2) is 6.64. The molecule has 0 atom stereocenters. The van der Waals surface area contributed by atoms with Crippen LogP contribution in [-0.2, 0) is 4.74 Å². The molecule has 2 aromatic heterocycles. The number of nitrogens with zero attached hydrogens (tertiary/aromatic N) is 1. The minimum Gasteiger partial charge on any atom is -0.453 e. The molecule has 110 valence electrons. The predicted octanol–water partition coefficient (Wildman–Crippen LogP) is 3.91. The first kappa shape index (κ1) is 14.6. The van der Waals surface area contributed by atoms with Gasteiger partial charge in [-0.05, 0) is 11.4 Å². The number of hydrogen-bond acceptors (Lipinski definition) is 6. The highest BCUT2D eigenvalue weighted by atomic mass is 32.1. The van der Waals surface area contributed by atoms with Gasteiger partial charge in [0.25, 0.3) is 0 Å². The van der Waals surface area contributed by atoms with Crippen molar-refractivity contribution < 1.29 is 14.3 Å². The normalized spacial score (nSPS) is 10.4. The molecular weight excluding hydrogens is 318 g/mol. The summed E-state index contributed by atoms with van der Waals surface area (Å²) in [5, 5.41) is 4.37. The molecule has 0 bridgehead atoms. The molecule has 22 heavy (non-hydrogen) atoms. The summed E-state index contributed by atoms with van der Waals surface area (Å²) in [6.45, 7) is -0.283. The molecule has 3 aromatic rings. The Morgan fingerprint density at radius 3 is 2.59 bits per heavy atom. The molecule has 0 aliphatic heterocycles. The van der Waals surface area contributed by atoms with Crippen molar-refractivity contribution in [2.24, 2.45) is 0 Å². The first-order chi connectivity index (χ1) is 10.7. The molecule has 0 amide bonds. The number of thiophene rings is 1. The van der Waals surface area contributed by atoms with Gasteiger partial charge in [-0.1, -0.05) is 36.4 Å². The molecule has 0 saturated heterocycles. The molecule has 0 aliphatic rings. The van der Waals surface area contributed by atoms with Crippen molar-refractivity contribution in [2.75, 3.05) is 6.61 Å². The highest BCUT2D eigenvalue weighted by Gasteiger charge is 2.15. The Kier molecular flexibility index (Phi) is 4.41. The van der Waals surface area contributed by atoms with Crippen LogP contribution in [0.4, 0.5) is 0 Å². The maximum atomic E-state index is 11.9. The Hall–Kier alpha value is -2.31. The van der Waals surface area contributed by atoms with Crippen molar-refractivity contribution in [1.29, 1.82) is 0 Å². The maximum absolute atomic E-state index is 11.9. The van der Waals surface area contributed by atoms with Gasteiger partial charge in [0, 0.05) is 10.9 Å². The van der Waals surface area contributed by atoms with Crippen LogP contribution in [0.1, 0.15) is 20.8 Å². The lowest BCUT2D eigenvalue weighted by Crippen LogP contribution is -2.14. The SMILES string of the molecule is O=C(COC(=O)c1csc(-c2cccs2)n1)c1ccccc1. The Balaban J connectivity index is 1.62. The van der Waals surface area contributed by atoms with Crippen LogP contribution in [0.3, 0.4) is 0 Å². The van der Waals surface area contributed by atoms with Crippen molar-refractivity contribution in [3.05, 3.63) is 64.5 Å². The fraction of sp³-hybridized carbons (Fsp3) is 0.0625. The van der Waals surface area contributed by atoms with E-state index in [1.807, 2.05) is 23.6 Å². The largest absolute Gasteiger partial charge is 0.453 e. The number of esters is 1. The smallest absolute Gasteiger partial charge is 0.358 e. The third-order valence-electron chi connectivity index (χ3n) is 2.88. The van der Waals surface area contributed by atoms with Crippen molar-refractivity contribution in [1.82, 2.24) is 4.98 Å². The third kappa shape index (κ3) is 3.29. The molecular formula is C16H11NO3S2. The van der Waals surface area contributed by atoms with Crippen LogP contribution in [0.15, 0.2) is 53.2 Å². The number of benzene rings is 1. The summed E-state index contributed by atoms with van der Waals surface area (Å²) in [7, 11) is 0. The molecule has 0 radical (unpaired) electrons.